The lowest BCUT2D eigenvalue weighted by atomic mass is 10.4. The molecule has 1 saturated carbocycles. The van der Waals surface area contributed by atoms with Gasteiger partial charge in [-0.25, -0.2) is 0 Å². The molecule has 0 N–H and O–H groups in total. The second kappa shape index (κ2) is 4.07. The van der Waals surface area contributed by atoms with Crippen molar-refractivity contribution >= 4 is 0 Å². The molecule has 1 rings (SSSR count). The first kappa shape index (κ1) is 9.01. The maximum atomic E-state index is 2.44. The Labute approximate surface area is 70.2 Å². The van der Waals surface area contributed by atoms with Crippen LogP contribution in [0.15, 0.2) is 0 Å². The van der Waals surface area contributed by atoms with Crippen molar-refractivity contribution in [1.82, 2.24) is 9.80 Å². The van der Waals surface area contributed by atoms with E-state index in [-0.39, 0.29) is 0 Å². The second-order valence-corrected chi connectivity index (χ2v) is 4.01. The lowest BCUT2D eigenvalue weighted by molar-refractivity contribution is 0.274. The van der Waals surface area contributed by atoms with Gasteiger partial charge in [-0.1, -0.05) is 0 Å². The van der Waals surface area contributed by atoms with E-state index in [1.807, 2.05) is 0 Å². The minimum Gasteiger partial charge on any atom is -0.308 e. The zero-order chi connectivity index (χ0) is 8.27. The summed E-state index contributed by atoms with van der Waals surface area (Å²) in [4.78, 5) is 4.68. The summed E-state index contributed by atoms with van der Waals surface area (Å²) in [5.74, 6) is 1.03. The van der Waals surface area contributed by atoms with Gasteiger partial charge in [0.25, 0.3) is 0 Å². The Kier molecular flexibility index (Phi) is 3.34. The fourth-order valence-electron chi connectivity index (χ4n) is 1.20. The third-order valence-electron chi connectivity index (χ3n) is 2.20. The summed E-state index contributed by atoms with van der Waals surface area (Å²) in [6.45, 7) is 3.71. The average Bonchev–Trinajstić information content (AvgIpc) is 2.67. The highest BCUT2D eigenvalue weighted by atomic mass is 15.1. The smallest absolute Gasteiger partial charge is 0.0106 e. The summed E-state index contributed by atoms with van der Waals surface area (Å²) >= 11 is 0. The highest BCUT2D eigenvalue weighted by molar-refractivity contribution is 4.76. The Balaban J connectivity index is 1.95. The van der Waals surface area contributed by atoms with Crippen LogP contribution in [-0.2, 0) is 0 Å². The van der Waals surface area contributed by atoms with Gasteiger partial charge in [0.1, 0.15) is 0 Å². The monoisotopic (exact) mass is 156 g/mol. The van der Waals surface area contributed by atoms with E-state index >= 15 is 0 Å². The van der Waals surface area contributed by atoms with Gasteiger partial charge in [0.2, 0.25) is 0 Å². The first-order valence-corrected chi connectivity index (χ1v) is 4.52. The van der Waals surface area contributed by atoms with E-state index in [2.05, 4.69) is 30.9 Å². The molecular formula is C9H20N2. The van der Waals surface area contributed by atoms with E-state index in [1.54, 1.807) is 0 Å². The number of nitrogens with zero attached hydrogens (tertiary/aromatic N) is 2. The fraction of sp³-hybridized carbons (Fsp3) is 1.00. The Bertz CT molecular complexity index is 108. The van der Waals surface area contributed by atoms with Crippen molar-refractivity contribution in [2.24, 2.45) is 5.92 Å². The predicted octanol–water partition coefficient (Wildman–Crippen LogP) is 0.890. The Morgan fingerprint density at radius 3 is 2.18 bits per heavy atom. The lowest BCUT2D eigenvalue weighted by Gasteiger charge is -2.18. The Morgan fingerprint density at radius 2 is 1.73 bits per heavy atom. The molecule has 2 heteroatoms. The number of rotatable bonds is 5. The molecular weight excluding hydrogens is 136 g/mol. The van der Waals surface area contributed by atoms with Crippen LogP contribution in [0.25, 0.3) is 0 Å². The first-order valence-electron chi connectivity index (χ1n) is 4.52. The summed E-state index contributed by atoms with van der Waals surface area (Å²) in [5, 5.41) is 0. The van der Waals surface area contributed by atoms with Gasteiger partial charge in [-0.3, -0.25) is 0 Å². The Morgan fingerprint density at radius 1 is 1.09 bits per heavy atom. The number of hydrogen-bond donors (Lipinski definition) is 0. The zero-order valence-corrected chi connectivity index (χ0v) is 8.01. The SMILES string of the molecule is CN(C)CCN(C)CC1CC1. The van der Waals surface area contributed by atoms with E-state index < -0.39 is 0 Å². The van der Waals surface area contributed by atoms with Crippen LogP contribution in [0.1, 0.15) is 12.8 Å². The third kappa shape index (κ3) is 4.38. The Hall–Kier alpha value is -0.0800. The third-order valence-corrected chi connectivity index (χ3v) is 2.20. The zero-order valence-electron chi connectivity index (χ0n) is 8.01. The van der Waals surface area contributed by atoms with E-state index in [0.29, 0.717) is 0 Å². The van der Waals surface area contributed by atoms with Crippen LogP contribution in [0, 0.1) is 5.92 Å². The molecule has 0 aromatic rings. The number of hydrogen-bond acceptors (Lipinski definition) is 2. The molecule has 0 saturated heterocycles. The lowest BCUT2D eigenvalue weighted by Crippen LogP contribution is -2.30. The van der Waals surface area contributed by atoms with Crippen molar-refractivity contribution in [3.63, 3.8) is 0 Å². The van der Waals surface area contributed by atoms with Gasteiger partial charge in [0, 0.05) is 19.6 Å². The van der Waals surface area contributed by atoms with Crippen molar-refractivity contribution in [2.45, 2.75) is 12.8 Å². The van der Waals surface area contributed by atoms with Crippen LogP contribution in [0.3, 0.4) is 0 Å². The van der Waals surface area contributed by atoms with Crippen LogP contribution in [0.4, 0.5) is 0 Å². The maximum absolute atomic E-state index is 2.44. The standard InChI is InChI=1S/C9H20N2/c1-10(2)6-7-11(3)8-9-4-5-9/h9H,4-8H2,1-3H3. The topological polar surface area (TPSA) is 6.48 Å². The van der Waals surface area contributed by atoms with Gasteiger partial charge in [-0.05, 0) is 39.9 Å². The van der Waals surface area contributed by atoms with E-state index in [9.17, 15) is 0 Å². The van der Waals surface area contributed by atoms with E-state index in [1.165, 1.54) is 32.5 Å². The number of likely N-dealkylation sites (N-methyl/N-ethyl adjacent to an activating group) is 2. The summed E-state index contributed by atoms with van der Waals surface area (Å²) in [5.41, 5.74) is 0. The van der Waals surface area contributed by atoms with Crippen LogP contribution in [0.2, 0.25) is 0 Å². The quantitative estimate of drug-likeness (QED) is 0.583. The molecule has 66 valence electrons. The van der Waals surface area contributed by atoms with Crippen molar-refractivity contribution < 1.29 is 0 Å². The maximum Gasteiger partial charge on any atom is 0.0106 e. The van der Waals surface area contributed by atoms with Gasteiger partial charge < -0.3 is 9.80 Å². The molecule has 0 atom stereocenters. The molecule has 0 unspecified atom stereocenters. The molecule has 0 amide bonds. The molecule has 2 nitrogen and oxygen atoms in total. The van der Waals surface area contributed by atoms with E-state index in [4.69, 9.17) is 0 Å². The second-order valence-electron chi connectivity index (χ2n) is 4.01. The largest absolute Gasteiger partial charge is 0.308 e. The van der Waals surface area contributed by atoms with Crippen molar-refractivity contribution in [1.29, 1.82) is 0 Å². The van der Waals surface area contributed by atoms with Gasteiger partial charge in [-0.2, -0.15) is 0 Å². The summed E-state index contributed by atoms with van der Waals surface area (Å²) < 4.78 is 0. The van der Waals surface area contributed by atoms with Gasteiger partial charge in [0.05, 0.1) is 0 Å². The van der Waals surface area contributed by atoms with Crippen molar-refractivity contribution in [2.75, 3.05) is 40.8 Å². The highest BCUT2D eigenvalue weighted by Gasteiger charge is 2.22. The van der Waals surface area contributed by atoms with Crippen molar-refractivity contribution in [3.8, 4) is 0 Å². The molecule has 0 bridgehead atoms. The molecule has 0 aromatic carbocycles. The molecule has 0 spiro atoms. The van der Waals surface area contributed by atoms with Gasteiger partial charge in [-0.15, -0.1) is 0 Å². The van der Waals surface area contributed by atoms with Crippen LogP contribution in [-0.4, -0.2) is 50.6 Å². The predicted molar refractivity (Wildman–Crippen MR) is 48.8 cm³/mol. The molecule has 1 fully saturated rings. The molecule has 11 heavy (non-hydrogen) atoms. The normalized spacial score (nSPS) is 18.3. The van der Waals surface area contributed by atoms with Crippen LogP contribution >= 0.6 is 0 Å². The first-order chi connectivity index (χ1) is 5.18. The van der Waals surface area contributed by atoms with Gasteiger partial charge in [0.15, 0.2) is 0 Å². The van der Waals surface area contributed by atoms with Crippen molar-refractivity contribution in [3.05, 3.63) is 0 Å². The minimum atomic E-state index is 1.03. The molecule has 0 aromatic heterocycles. The summed E-state index contributed by atoms with van der Waals surface area (Å²) in [6.07, 6.45) is 2.93. The van der Waals surface area contributed by atoms with Crippen LogP contribution < -0.4 is 0 Å². The summed E-state index contributed by atoms with van der Waals surface area (Å²) in [6, 6.07) is 0. The minimum absolute atomic E-state index is 1.03. The molecule has 0 radical (unpaired) electrons. The average molecular weight is 156 g/mol. The highest BCUT2D eigenvalue weighted by Crippen LogP contribution is 2.29. The fourth-order valence-corrected chi connectivity index (χ4v) is 1.20. The molecule has 0 heterocycles. The summed E-state index contributed by atoms with van der Waals surface area (Å²) in [7, 11) is 6.48. The van der Waals surface area contributed by atoms with E-state index in [0.717, 1.165) is 5.92 Å². The molecule has 1 aliphatic rings. The van der Waals surface area contributed by atoms with Crippen LogP contribution in [0.5, 0.6) is 0 Å². The molecule has 0 aliphatic heterocycles. The molecule has 1 aliphatic carbocycles. The van der Waals surface area contributed by atoms with Gasteiger partial charge >= 0.3 is 0 Å².